The van der Waals surface area contributed by atoms with Crippen molar-refractivity contribution in [3.05, 3.63) is 23.5 Å². The van der Waals surface area contributed by atoms with E-state index < -0.39 is 0 Å². The number of aromatic nitrogens is 1. The van der Waals surface area contributed by atoms with Gasteiger partial charge in [0.2, 0.25) is 0 Å². The minimum Gasteiger partial charge on any atom is -0.505 e. The summed E-state index contributed by atoms with van der Waals surface area (Å²) >= 11 is 0. The van der Waals surface area contributed by atoms with Crippen LogP contribution >= 0.6 is 0 Å². The second-order valence-electron chi connectivity index (χ2n) is 7.65. The van der Waals surface area contributed by atoms with Crippen molar-refractivity contribution in [1.29, 1.82) is 0 Å². The third-order valence-corrected chi connectivity index (χ3v) is 5.89. The zero-order valence-electron chi connectivity index (χ0n) is 13.2. The van der Waals surface area contributed by atoms with Crippen LogP contribution in [0, 0.1) is 23.7 Å². The standard InChI is InChI=1S/C17H24N2O2/c1-10-6-8-18-12(13(10)20)14(21)19-15-16(2,3)11-5-7-17(15,4)9-11/h6,8,11,15,20H,5,7,9H2,1-4H3,(H,19,21). The molecule has 0 spiro atoms. The van der Waals surface area contributed by atoms with Gasteiger partial charge in [0, 0.05) is 12.2 Å². The number of carbonyl (C=O) groups excluding carboxylic acids is 1. The van der Waals surface area contributed by atoms with Crippen molar-refractivity contribution in [2.24, 2.45) is 16.7 Å². The Labute approximate surface area is 126 Å². The fourth-order valence-corrected chi connectivity index (χ4v) is 4.58. The lowest BCUT2D eigenvalue weighted by Gasteiger charge is -2.43. The van der Waals surface area contributed by atoms with Crippen LogP contribution < -0.4 is 5.32 Å². The Balaban J connectivity index is 1.87. The number of nitrogens with zero attached hydrogens (tertiary/aromatic N) is 1. The zero-order valence-corrected chi connectivity index (χ0v) is 13.2. The molecule has 3 atom stereocenters. The van der Waals surface area contributed by atoms with Crippen molar-refractivity contribution >= 4 is 5.91 Å². The highest BCUT2D eigenvalue weighted by molar-refractivity contribution is 5.95. The number of pyridine rings is 1. The molecule has 1 amide bonds. The van der Waals surface area contributed by atoms with Crippen molar-refractivity contribution < 1.29 is 9.90 Å². The number of amides is 1. The first-order valence-electron chi connectivity index (χ1n) is 7.71. The number of hydrogen-bond acceptors (Lipinski definition) is 3. The third-order valence-electron chi connectivity index (χ3n) is 5.89. The second kappa shape index (κ2) is 4.46. The van der Waals surface area contributed by atoms with Gasteiger partial charge in [0.1, 0.15) is 5.75 Å². The van der Waals surface area contributed by atoms with Crippen LogP contribution in [0.15, 0.2) is 12.3 Å². The van der Waals surface area contributed by atoms with Crippen molar-refractivity contribution in [1.82, 2.24) is 10.3 Å². The average Bonchev–Trinajstić information content (AvgIpc) is 2.89. The molecule has 0 radical (unpaired) electrons. The molecule has 4 heteroatoms. The number of aryl methyl sites for hydroxylation is 1. The summed E-state index contributed by atoms with van der Waals surface area (Å²) < 4.78 is 0. The molecule has 2 aliphatic carbocycles. The Morgan fingerprint density at radius 2 is 2.14 bits per heavy atom. The molecule has 2 N–H and O–H groups in total. The molecule has 1 aromatic heterocycles. The van der Waals surface area contributed by atoms with Crippen LogP contribution in [0.2, 0.25) is 0 Å². The molecule has 4 nitrogen and oxygen atoms in total. The highest BCUT2D eigenvalue weighted by Gasteiger charge is 2.59. The fraction of sp³-hybridized carbons (Fsp3) is 0.647. The van der Waals surface area contributed by atoms with Gasteiger partial charge in [0.05, 0.1) is 0 Å². The molecule has 0 aliphatic heterocycles. The summed E-state index contributed by atoms with van der Waals surface area (Å²) in [5, 5.41) is 13.2. The zero-order chi connectivity index (χ0) is 15.4. The maximum absolute atomic E-state index is 12.5. The summed E-state index contributed by atoms with van der Waals surface area (Å²) in [7, 11) is 0. The van der Waals surface area contributed by atoms with E-state index in [0.29, 0.717) is 11.5 Å². The van der Waals surface area contributed by atoms with E-state index in [1.54, 1.807) is 19.2 Å². The molecule has 21 heavy (non-hydrogen) atoms. The third kappa shape index (κ3) is 2.03. The maximum atomic E-state index is 12.5. The van der Waals surface area contributed by atoms with Crippen molar-refractivity contribution in [2.75, 3.05) is 0 Å². The molecule has 2 saturated carbocycles. The summed E-state index contributed by atoms with van der Waals surface area (Å²) in [6, 6.07) is 1.84. The van der Waals surface area contributed by atoms with Gasteiger partial charge in [-0.3, -0.25) is 4.79 Å². The molecule has 0 aromatic carbocycles. The van der Waals surface area contributed by atoms with E-state index in [0.717, 1.165) is 0 Å². The first-order chi connectivity index (χ1) is 9.75. The van der Waals surface area contributed by atoms with Crippen molar-refractivity contribution in [3.8, 4) is 5.75 Å². The molecule has 2 aliphatic rings. The number of rotatable bonds is 2. The smallest absolute Gasteiger partial charge is 0.273 e. The van der Waals surface area contributed by atoms with Gasteiger partial charge in [-0.25, -0.2) is 4.98 Å². The normalized spacial score (nSPS) is 33.1. The van der Waals surface area contributed by atoms with E-state index in [2.05, 4.69) is 31.1 Å². The number of carbonyl (C=O) groups is 1. The quantitative estimate of drug-likeness (QED) is 0.879. The van der Waals surface area contributed by atoms with Gasteiger partial charge in [-0.15, -0.1) is 0 Å². The van der Waals surface area contributed by atoms with Crippen LogP contribution in [0.4, 0.5) is 0 Å². The number of hydrogen-bond donors (Lipinski definition) is 2. The summed E-state index contributed by atoms with van der Waals surface area (Å²) in [6.07, 6.45) is 5.17. The summed E-state index contributed by atoms with van der Waals surface area (Å²) in [6.45, 7) is 8.54. The van der Waals surface area contributed by atoms with Gasteiger partial charge in [0.25, 0.3) is 5.91 Å². The minimum absolute atomic E-state index is 0.0129. The monoisotopic (exact) mass is 288 g/mol. The van der Waals surface area contributed by atoms with Gasteiger partial charge in [-0.1, -0.05) is 20.8 Å². The maximum Gasteiger partial charge on any atom is 0.273 e. The Hall–Kier alpha value is -1.58. The van der Waals surface area contributed by atoms with E-state index in [1.807, 2.05) is 0 Å². The predicted octanol–water partition coefficient (Wildman–Crippen LogP) is 3.04. The molecule has 2 fully saturated rings. The summed E-state index contributed by atoms with van der Waals surface area (Å²) in [5.41, 5.74) is 1.08. The van der Waals surface area contributed by atoms with E-state index >= 15 is 0 Å². The SMILES string of the molecule is Cc1ccnc(C(=O)NC2C3(C)CCC(C3)C2(C)C)c1O. The average molecular weight is 288 g/mol. The van der Waals surface area contributed by atoms with E-state index in [9.17, 15) is 9.90 Å². The summed E-state index contributed by atoms with van der Waals surface area (Å²) in [4.78, 5) is 16.6. The van der Waals surface area contributed by atoms with E-state index in [4.69, 9.17) is 0 Å². The molecule has 2 bridgehead atoms. The lowest BCUT2D eigenvalue weighted by atomic mass is 9.68. The Bertz CT molecular complexity index is 592. The van der Waals surface area contributed by atoms with Crippen molar-refractivity contribution in [3.63, 3.8) is 0 Å². The summed E-state index contributed by atoms with van der Waals surface area (Å²) in [5.74, 6) is 0.399. The van der Waals surface area contributed by atoms with Gasteiger partial charge in [-0.2, -0.15) is 0 Å². The van der Waals surface area contributed by atoms with Gasteiger partial charge < -0.3 is 10.4 Å². The molecular weight excluding hydrogens is 264 g/mol. The molecule has 114 valence electrons. The van der Waals surface area contributed by atoms with Crippen LogP contribution in [0.1, 0.15) is 56.1 Å². The number of fused-ring (bicyclic) bond motifs is 2. The minimum atomic E-state index is -0.261. The fourth-order valence-electron chi connectivity index (χ4n) is 4.58. The first kappa shape index (κ1) is 14.4. The molecule has 3 unspecified atom stereocenters. The lowest BCUT2D eigenvalue weighted by Crippen LogP contribution is -2.52. The van der Waals surface area contributed by atoms with Crippen LogP contribution in [0.3, 0.4) is 0 Å². The Morgan fingerprint density at radius 1 is 1.43 bits per heavy atom. The molecule has 0 saturated heterocycles. The molecular formula is C17H24N2O2. The van der Waals surface area contributed by atoms with E-state index in [1.165, 1.54) is 19.3 Å². The van der Waals surface area contributed by atoms with Crippen LogP contribution in [0.5, 0.6) is 5.75 Å². The van der Waals surface area contributed by atoms with Gasteiger partial charge in [-0.05, 0) is 54.6 Å². The Kier molecular flexibility index (Phi) is 3.05. The van der Waals surface area contributed by atoms with E-state index in [-0.39, 0.29) is 34.2 Å². The second-order valence-corrected chi connectivity index (χ2v) is 7.65. The van der Waals surface area contributed by atoms with Crippen LogP contribution in [0.25, 0.3) is 0 Å². The highest BCUT2D eigenvalue weighted by atomic mass is 16.3. The largest absolute Gasteiger partial charge is 0.505 e. The Morgan fingerprint density at radius 3 is 2.76 bits per heavy atom. The van der Waals surface area contributed by atoms with Crippen LogP contribution in [-0.2, 0) is 0 Å². The predicted molar refractivity (Wildman–Crippen MR) is 81.1 cm³/mol. The molecule has 3 rings (SSSR count). The molecule has 1 heterocycles. The number of aromatic hydroxyl groups is 1. The van der Waals surface area contributed by atoms with Gasteiger partial charge >= 0.3 is 0 Å². The highest BCUT2D eigenvalue weighted by Crippen LogP contribution is 2.62. The molecule has 1 aromatic rings. The van der Waals surface area contributed by atoms with Gasteiger partial charge in [0.15, 0.2) is 5.69 Å². The topological polar surface area (TPSA) is 62.2 Å². The number of nitrogens with one attached hydrogen (secondary N) is 1. The lowest BCUT2D eigenvalue weighted by molar-refractivity contribution is 0.0730. The van der Waals surface area contributed by atoms with Crippen LogP contribution in [-0.4, -0.2) is 22.0 Å². The van der Waals surface area contributed by atoms with Crippen molar-refractivity contribution in [2.45, 2.75) is 53.0 Å². The first-order valence-corrected chi connectivity index (χ1v) is 7.71.